The van der Waals surface area contributed by atoms with Crippen molar-refractivity contribution < 1.29 is 4.79 Å². The highest BCUT2D eigenvalue weighted by Crippen LogP contribution is 2.15. The number of carbonyl (C=O) groups is 1. The molecule has 0 aromatic rings. The molecule has 0 aliphatic rings. The summed E-state index contributed by atoms with van der Waals surface area (Å²) in [7, 11) is 0. The van der Waals surface area contributed by atoms with Crippen LogP contribution in [0.1, 0.15) is 47.0 Å². The third kappa shape index (κ3) is 5.05. The van der Waals surface area contributed by atoms with Gasteiger partial charge in [0.25, 0.3) is 0 Å². The summed E-state index contributed by atoms with van der Waals surface area (Å²) in [6.07, 6.45) is 6.12. The van der Waals surface area contributed by atoms with Crippen molar-refractivity contribution >= 4 is 6.41 Å². The molecule has 0 radical (unpaired) electrons. The first-order valence-corrected chi connectivity index (χ1v) is 5.54. The average Bonchev–Trinajstić information content (AvgIpc) is 2.13. The molecule has 0 spiro atoms. The van der Waals surface area contributed by atoms with Crippen molar-refractivity contribution in [3.63, 3.8) is 0 Å². The normalized spacial score (nSPS) is 14.2. The van der Waals surface area contributed by atoms with Crippen LogP contribution in [0.2, 0.25) is 0 Å². The Kier molecular flexibility index (Phi) is 7.17. The van der Waals surface area contributed by atoms with Crippen molar-refractivity contribution in [3.05, 3.63) is 11.6 Å². The van der Waals surface area contributed by atoms with Gasteiger partial charge in [0.2, 0.25) is 6.41 Å². The van der Waals surface area contributed by atoms with E-state index in [4.69, 9.17) is 0 Å². The van der Waals surface area contributed by atoms with E-state index in [0.717, 1.165) is 25.7 Å². The van der Waals surface area contributed by atoms with Gasteiger partial charge in [-0.15, -0.1) is 0 Å². The lowest BCUT2D eigenvalue weighted by molar-refractivity contribution is -0.110. The maximum Gasteiger partial charge on any atom is 0.207 e. The molecule has 1 N–H and O–H groups in total. The van der Waals surface area contributed by atoms with Crippen LogP contribution in [-0.2, 0) is 4.79 Å². The molecule has 0 bridgehead atoms. The molecule has 1 amide bonds. The van der Waals surface area contributed by atoms with Gasteiger partial charge in [-0.3, -0.25) is 4.79 Å². The molecule has 82 valence electrons. The summed E-state index contributed by atoms with van der Waals surface area (Å²) in [5, 5.41) is 2.90. The van der Waals surface area contributed by atoms with Crippen LogP contribution in [-0.4, -0.2) is 12.5 Å². The highest BCUT2D eigenvalue weighted by molar-refractivity contribution is 5.48. The van der Waals surface area contributed by atoms with Crippen LogP contribution in [0.4, 0.5) is 0 Å². The molecule has 0 aliphatic heterocycles. The molecule has 0 saturated carbocycles. The summed E-state index contributed by atoms with van der Waals surface area (Å²) in [5.41, 5.74) is 1.35. The van der Waals surface area contributed by atoms with Gasteiger partial charge in [-0.05, 0) is 25.2 Å². The highest BCUT2D eigenvalue weighted by atomic mass is 16.1. The molecule has 0 fully saturated rings. The lowest BCUT2D eigenvalue weighted by atomic mass is 9.95. The summed E-state index contributed by atoms with van der Waals surface area (Å²) < 4.78 is 0. The van der Waals surface area contributed by atoms with E-state index < -0.39 is 0 Å². The summed E-state index contributed by atoms with van der Waals surface area (Å²) in [5.74, 6) is 0.610. The van der Waals surface area contributed by atoms with Crippen molar-refractivity contribution in [2.45, 2.75) is 53.0 Å². The van der Waals surface area contributed by atoms with Crippen LogP contribution in [0, 0.1) is 5.92 Å². The van der Waals surface area contributed by atoms with Gasteiger partial charge in [-0.1, -0.05) is 39.3 Å². The minimum absolute atomic E-state index is 0.234. The second kappa shape index (κ2) is 7.60. The Labute approximate surface area is 87.8 Å². The molecule has 0 aliphatic carbocycles. The molecule has 2 nitrogen and oxygen atoms in total. The molecule has 0 heterocycles. The molecule has 1 atom stereocenters. The largest absolute Gasteiger partial charge is 0.352 e. The smallest absolute Gasteiger partial charge is 0.207 e. The van der Waals surface area contributed by atoms with E-state index >= 15 is 0 Å². The molecule has 0 saturated heterocycles. The van der Waals surface area contributed by atoms with Gasteiger partial charge in [0.05, 0.1) is 0 Å². The fraction of sp³-hybridized carbons (Fsp3) is 0.750. The van der Waals surface area contributed by atoms with Gasteiger partial charge in [0.15, 0.2) is 0 Å². The van der Waals surface area contributed by atoms with Crippen LogP contribution in [0.3, 0.4) is 0 Å². The van der Waals surface area contributed by atoms with Crippen molar-refractivity contribution in [2.24, 2.45) is 5.92 Å². The first-order chi connectivity index (χ1) is 6.65. The number of hydrogen-bond donors (Lipinski definition) is 1. The minimum Gasteiger partial charge on any atom is -0.352 e. The molecule has 0 aromatic heterocycles. The number of hydrogen-bond acceptors (Lipinski definition) is 1. The Balaban J connectivity index is 4.42. The standard InChI is InChI=1S/C12H23NO/c1-5-7-11(6-2)12(13-9-14)8-10(3)4/h7,9-10,12H,5-6,8H2,1-4H3,(H,13,14)/b11-7+. The molecule has 0 rings (SSSR count). The third-order valence-corrected chi connectivity index (χ3v) is 2.30. The summed E-state index contributed by atoms with van der Waals surface area (Å²) in [6, 6.07) is 0.234. The van der Waals surface area contributed by atoms with E-state index in [-0.39, 0.29) is 6.04 Å². The van der Waals surface area contributed by atoms with E-state index in [1.807, 2.05) is 0 Å². The van der Waals surface area contributed by atoms with Crippen LogP contribution in [0.25, 0.3) is 0 Å². The maximum atomic E-state index is 10.5. The number of allylic oxidation sites excluding steroid dienone is 1. The Hall–Kier alpha value is -0.790. The summed E-state index contributed by atoms with van der Waals surface area (Å²) in [4.78, 5) is 10.5. The van der Waals surface area contributed by atoms with Gasteiger partial charge in [-0.25, -0.2) is 0 Å². The first-order valence-electron chi connectivity index (χ1n) is 5.54. The van der Waals surface area contributed by atoms with Gasteiger partial charge >= 0.3 is 0 Å². The van der Waals surface area contributed by atoms with Gasteiger partial charge in [0, 0.05) is 6.04 Å². The topological polar surface area (TPSA) is 29.1 Å². The lowest BCUT2D eigenvalue weighted by Crippen LogP contribution is -2.31. The molecule has 14 heavy (non-hydrogen) atoms. The van der Waals surface area contributed by atoms with E-state index in [9.17, 15) is 4.79 Å². The fourth-order valence-electron chi connectivity index (χ4n) is 1.68. The summed E-state index contributed by atoms with van der Waals surface area (Å²) in [6.45, 7) is 8.63. The maximum absolute atomic E-state index is 10.5. The minimum atomic E-state index is 0.234. The van der Waals surface area contributed by atoms with Crippen molar-refractivity contribution in [1.29, 1.82) is 0 Å². The number of rotatable bonds is 7. The predicted octanol–water partition coefficient (Wildman–Crippen LogP) is 2.89. The van der Waals surface area contributed by atoms with Gasteiger partial charge in [-0.2, -0.15) is 0 Å². The zero-order chi connectivity index (χ0) is 11.0. The summed E-state index contributed by atoms with van der Waals surface area (Å²) >= 11 is 0. The number of amides is 1. The van der Waals surface area contributed by atoms with Crippen LogP contribution >= 0.6 is 0 Å². The molecule has 0 aromatic carbocycles. The quantitative estimate of drug-likeness (QED) is 0.493. The Bertz CT molecular complexity index is 185. The SMILES string of the molecule is CC/C=C(\CC)C(CC(C)C)NC=O. The van der Waals surface area contributed by atoms with Crippen molar-refractivity contribution in [1.82, 2.24) is 5.32 Å². The molecule has 1 unspecified atom stereocenters. The number of carbonyl (C=O) groups excluding carboxylic acids is 1. The van der Waals surface area contributed by atoms with Crippen LogP contribution in [0.15, 0.2) is 11.6 Å². The van der Waals surface area contributed by atoms with E-state index in [2.05, 4.69) is 39.1 Å². The zero-order valence-electron chi connectivity index (χ0n) is 9.84. The Morgan fingerprint density at radius 3 is 2.36 bits per heavy atom. The van der Waals surface area contributed by atoms with Crippen LogP contribution in [0.5, 0.6) is 0 Å². The number of nitrogens with one attached hydrogen (secondary N) is 1. The van der Waals surface area contributed by atoms with Gasteiger partial charge in [0.1, 0.15) is 0 Å². The zero-order valence-corrected chi connectivity index (χ0v) is 9.84. The Morgan fingerprint density at radius 2 is 2.00 bits per heavy atom. The van der Waals surface area contributed by atoms with Crippen LogP contribution < -0.4 is 5.32 Å². The third-order valence-electron chi connectivity index (χ3n) is 2.30. The van der Waals surface area contributed by atoms with Gasteiger partial charge < -0.3 is 5.32 Å². The van der Waals surface area contributed by atoms with E-state index in [1.165, 1.54) is 5.57 Å². The lowest BCUT2D eigenvalue weighted by Gasteiger charge is -2.21. The molecule has 2 heteroatoms. The van der Waals surface area contributed by atoms with E-state index in [1.54, 1.807) is 0 Å². The fourth-order valence-corrected chi connectivity index (χ4v) is 1.68. The monoisotopic (exact) mass is 197 g/mol. The second-order valence-corrected chi connectivity index (χ2v) is 4.01. The van der Waals surface area contributed by atoms with E-state index in [0.29, 0.717) is 5.92 Å². The van der Waals surface area contributed by atoms with Crippen molar-refractivity contribution in [2.75, 3.05) is 0 Å². The predicted molar refractivity (Wildman–Crippen MR) is 61.1 cm³/mol. The highest BCUT2D eigenvalue weighted by Gasteiger charge is 2.12. The molecular weight excluding hydrogens is 174 g/mol. The van der Waals surface area contributed by atoms with Crippen molar-refractivity contribution in [3.8, 4) is 0 Å². The average molecular weight is 197 g/mol. The second-order valence-electron chi connectivity index (χ2n) is 4.01. The Morgan fingerprint density at radius 1 is 1.36 bits per heavy atom. The molecular formula is C12H23NO. The first kappa shape index (κ1) is 13.2.